The molecule has 24 valence electrons. The van der Waals surface area contributed by atoms with Crippen LogP contribution in [0.1, 0.15) is 0 Å². The minimum Gasteiger partial charge on any atom is -0.267 e. The summed E-state index contributed by atoms with van der Waals surface area (Å²) in [5.74, 6) is 0. The molecule has 4 heteroatoms. The van der Waals surface area contributed by atoms with Crippen LogP contribution in [0.25, 0.3) is 0 Å². The van der Waals surface area contributed by atoms with Crippen LogP contribution in [-0.2, 0) is 17.4 Å². The molecule has 3 nitrogen and oxygen atoms in total. The van der Waals surface area contributed by atoms with Crippen LogP contribution in [0, 0.1) is 10.1 Å². The topological polar surface area (TPSA) is 54.1 Å². The van der Waals surface area contributed by atoms with Gasteiger partial charge in [-0.15, -0.1) is 0 Å². The fourth-order valence-electron chi connectivity index (χ4n) is 0. The molecule has 0 spiro atoms. The summed E-state index contributed by atoms with van der Waals surface area (Å²) in [5, 5.41) is 8.38. The fourth-order valence-corrected chi connectivity index (χ4v) is 0. The predicted octanol–water partition coefficient (Wildman–Crippen LogP) is -1.67. The first kappa shape index (κ1) is 9.06. The van der Waals surface area contributed by atoms with E-state index in [9.17, 15) is 0 Å². The van der Waals surface area contributed by atoms with E-state index in [1.54, 1.807) is 0 Å². The van der Waals surface area contributed by atoms with Gasteiger partial charge in [-0.3, -0.25) is 10.1 Å². The van der Waals surface area contributed by atoms with E-state index < -0.39 is 0 Å². The van der Waals surface area contributed by atoms with Crippen LogP contribution in [0.15, 0.2) is 0 Å². The summed E-state index contributed by atoms with van der Waals surface area (Å²) in [5.41, 5.74) is 0. The molecule has 0 aliphatic heterocycles. The summed E-state index contributed by atoms with van der Waals surface area (Å²) in [6.07, 6.45) is 0. The van der Waals surface area contributed by atoms with Gasteiger partial charge in [-0.05, 0) is 0 Å². The molecule has 0 aliphatic rings. The van der Waals surface area contributed by atoms with Gasteiger partial charge in [-0.2, -0.15) is 0 Å². The molecule has 0 saturated carbocycles. The first-order valence-electron chi connectivity index (χ1n) is 0.408. The summed E-state index contributed by atoms with van der Waals surface area (Å²) in [4.78, 5) is 8.12. The van der Waals surface area contributed by atoms with Crippen LogP contribution in [0.4, 0.5) is 0 Å². The summed E-state index contributed by atoms with van der Waals surface area (Å²) < 4.78 is 0. The van der Waals surface area contributed by atoms with E-state index >= 15 is 0 Å². The zero-order valence-corrected chi connectivity index (χ0v) is 3.00. The Balaban J connectivity index is 0. The second-order valence-electron chi connectivity index (χ2n) is 0.0833. The van der Waals surface area contributed by atoms with E-state index in [4.69, 9.17) is 10.1 Å². The maximum absolute atomic E-state index is 8.12. The van der Waals surface area contributed by atoms with E-state index in [-0.39, 0.29) is 22.7 Å². The number of rotatable bonds is 0. The molecule has 0 heterocycles. The van der Waals surface area contributed by atoms with Crippen LogP contribution in [0.2, 0.25) is 0 Å². The fraction of sp³-hybridized carbons (Fsp3) is 0. The van der Waals surface area contributed by atoms with Gasteiger partial charge in [-0.25, -0.2) is 0 Å². The van der Waals surface area contributed by atoms with Crippen molar-refractivity contribution in [1.29, 1.82) is 0 Å². The smallest absolute Gasteiger partial charge is 0.00366 e. The van der Waals surface area contributed by atoms with Crippen molar-refractivity contribution >= 4 is 0 Å². The van der Waals surface area contributed by atoms with Crippen LogP contribution < -0.4 is 5.34 Å². The zero-order chi connectivity index (χ0) is 2.71. The number of hydrogen-bond donors (Lipinski definition) is 1. The monoisotopic (exact) mass is 98.9 g/mol. The third-order valence-electron chi connectivity index (χ3n) is 0. The largest absolute Gasteiger partial charge is 0.267 e. The van der Waals surface area contributed by atoms with E-state index in [2.05, 4.69) is 0 Å². The van der Waals surface area contributed by atoms with Crippen molar-refractivity contribution in [2.45, 2.75) is 0 Å². The van der Waals surface area contributed by atoms with Crippen molar-refractivity contribution < 1.29 is 22.7 Å². The second kappa shape index (κ2) is 12.6. The Morgan fingerprint density at radius 3 is 1.75 bits per heavy atom. The third-order valence-corrected chi connectivity index (χ3v) is 0. The molecule has 0 unspecified atom stereocenters. The van der Waals surface area contributed by atoms with Gasteiger partial charge in [0.2, 0.25) is 0 Å². The van der Waals surface area contributed by atoms with Gasteiger partial charge >= 0.3 is 0 Å². The third kappa shape index (κ3) is 368. The molecular formula is HCrNO2. The predicted molar refractivity (Wildman–Crippen MR) is 7.70 cm³/mol. The second-order valence-corrected chi connectivity index (χ2v) is 0.0833. The van der Waals surface area contributed by atoms with Crippen LogP contribution >= 0.6 is 0 Å². The van der Waals surface area contributed by atoms with Crippen molar-refractivity contribution in [2.75, 3.05) is 0 Å². The Bertz CT molecular complexity index is 13.5. The van der Waals surface area contributed by atoms with Crippen molar-refractivity contribution in [2.24, 2.45) is 0 Å². The minimum absolute atomic E-state index is 0. The molecule has 0 saturated heterocycles. The van der Waals surface area contributed by atoms with Crippen LogP contribution in [0.3, 0.4) is 0 Å². The average molecular weight is 99.0 g/mol. The Morgan fingerprint density at radius 1 is 1.75 bits per heavy atom. The van der Waals surface area contributed by atoms with Crippen molar-refractivity contribution in [3.63, 3.8) is 0 Å². The molecule has 0 atom stereocenters. The van der Waals surface area contributed by atoms with E-state index in [0.717, 1.165) is 0 Å². The van der Waals surface area contributed by atoms with Crippen molar-refractivity contribution in [3.8, 4) is 0 Å². The quantitative estimate of drug-likeness (QED) is 0.291. The summed E-state index contributed by atoms with van der Waals surface area (Å²) in [7, 11) is 0. The van der Waals surface area contributed by atoms with Gasteiger partial charge in [0, 0.05) is 22.7 Å². The molecule has 0 fully saturated rings. The van der Waals surface area contributed by atoms with Gasteiger partial charge in [-0.1, -0.05) is 0 Å². The Labute approximate surface area is 33.7 Å². The van der Waals surface area contributed by atoms with Crippen LogP contribution in [0.5, 0.6) is 0 Å². The average Bonchev–Trinajstić information content (AvgIpc) is 0.918. The molecule has 0 aromatic rings. The van der Waals surface area contributed by atoms with Gasteiger partial charge in [0.25, 0.3) is 0 Å². The van der Waals surface area contributed by atoms with E-state index in [1.165, 1.54) is 0 Å². The normalized spacial score (nSPS) is 3.00. The van der Waals surface area contributed by atoms with Gasteiger partial charge < -0.3 is 0 Å². The van der Waals surface area contributed by atoms with E-state index in [1.807, 2.05) is 0 Å². The molecular weight excluding hydrogens is 98.0 g/mol. The molecule has 0 bridgehead atoms. The molecule has 0 aromatic carbocycles. The zero-order valence-electron chi connectivity index (χ0n) is 1.72. The molecule has 4 heavy (non-hydrogen) atoms. The molecule has 0 amide bonds. The summed E-state index contributed by atoms with van der Waals surface area (Å²) >= 11 is 0. The van der Waals surface area contributed by atoms with Gasteiger partial charge in [0.1, 0.15) is 0 Å². The summed E-state index contributed by atoms with van der Waals surface area (Å²) in [6.45, 7) is 0. The minimum atomic E-state index is 0. The SMILES string of the molecule is O=[NH+][O-].[Cr]. The number of nitrogens with one attached hydrogen (secondary N) is 1. The Kier molecular flexibility index (Phi) is 28.5. The van der Waals surface area contributed by atoms with Gasteiger partial charge in [0.15, 0.2) is 0 Å². The van der Waals surface area contributed by atoms with E-state index in [0.29, 0.717) is 0 Å². The van der Waals surface area contributed by atoms with Crippen molar-refractivity contribution in [3.05, 3.63) is 10.1 Å². The Hall–Kier alpha value is -0.0675. The first-order chi connectivity index (χ1) is 1.41. The standard InChI is InChI=1S/Cr.HNO2/c;2-1-3/h;1H. The molecule has 0 aromatic heterocycles. The van der Waals surface area contributed by atoms with Gasteiger partial charge in [0.05, 0.1) is 0 Å². The Morgan fingerprint density at radius 2 is 1.75 bits per heavy atom. The van der Waals surface area contributed by atoms with Crippen LogP contribution in [-0.4, -0.2) is 0 Å². The molecule has 0 aliphatic carbocycles. The first-order valence-corrected chi connectivity index (χ1v) is 0.408. The molecule has 0 rings (SSSR count). The maximum Gasteiger partial charge on any atom is 0.00366 e. The number of hydrogen-bond acceptors (Lipinski definition) is 2. The molecule has 0 radical (unpaired) electrons. The van der Waals surface area contributed by atoms with Crippen molar-refractivity contribution in [1.82, 2.24) is 0 Å². The summed E-state index contributed by atoms with van der Waals surface area (Å²) in [6, 6.07) is 0. The molecule has 1 N–H and O–H groups in total. The maximum atomic E-state index is 8.12.